The highest BCUT2D eigenvalue weighted by Crippen LogP contribution is 2.36. The zero-order chi connectivity index (χ0) is 31.9. The molecule has 0 spiro atoms. The quantitative estimate of drug-likeness (QED) is 0.409. The minimum Gasteiger partial charge on any atom is -0.381 e. The van der Waals surface area contributed by atoms with Crippen LogP contribution in [-0.4, -0.2) is 95.4 Å². The van der Waals surface area contributed by atoms with Crippen molar-refractivity contribution in [3.8, 4) is 11.4 Å². The van der Waals surface area contributed by atoms with E-state index in [2.05, 4.69) is 45.8 Å². The molecule has 0 saturated carbocycles. The number of carbonyl (C=O) groups excluding carboxylic acids is 1. The van der Waals surface area contributed by atoms with Gasteiger partial charge in [-0.15, -0.1) is 13.2 Å². The third-order valence-corrected chi connectivity index (χ3v) is 9.30. The summed E-state index contributed by atoms with van der Waals surface area (Å²) in [4.78, 5) is 28.6. The molecule has 1 amide bonds. The molecule has 4 aliphatic heterocycles. The number of nitrogens with zero attached hydrogens (tertiary/aromatic N) is 5. The first-order valence-electron chi connectivity index (χ1n) is 16.1. The molecule has 4 aliphatic rings. The molecule has 2 aromatic rings. The first-order valence-corrected chi connectivity index (χ1v) is 16.5. The van der Waals surface area contributed by atoms with Crippen LogP contribution in [0.4, 0.5) is 0 Å². The first-order chi connectivity index (χ1) is 21.9. The minimum atomic E-state index is -0.151. The average Bonchev–Trinajstić information content (AvgIpc) is 3.73. The number of hydrogen-bond acceptors (Lipinski definition) is 9. The number of piperidine rings is 1. The Balaban J connectivity index is 0.00000196. The zero-order valence-corrected chi connectivity index (χ0v) is 27.5. The Morgan fingerprint density at radius 1 is 1.16 bits per heavy atom. The summed E-state index contributed by atoms with van der Waals surface area (Å²) in [5, 5.41) is 11.6. The highest BCUT2D eigenvalue weighted by Gasteiger charge is 2.41. The van der Waals surface area contributed by atoms with Gasteiger partial charge >= 0.3 is 0 Å². The van der Waals surface area contributed by atoms with Gasteiger partial charge in [-0.2, -0.15) is 4.98 Å². The number of benzene rings is 1. The van der Waals surface area contributed by atoms with Crippen LogP contribution in [0.5, 0.6) is 0 Å². The molecule has 6 rings (SSSR count). The van der Waals surface area contributed by atoms with Gasteiger partial charge in [0.05, 0.1) is 12.2 Å². The molecule has 3 fully saturated rings. The summed E-state index contributed by atoms with van der Waals surface area (Å²) in [6, 6.07) is 6.49. The van der Waals surface area contributed by atoms with Gasteiger partial charge in [0.1, 0.15) is 5.84 Å². The molecule has 1 aromatic carbocycles. The smallest absolute Gasteiger partial charge is 0.260 e. The molecule has 242 valence electrons. The number of nitrogens with one attached hydrogen (secondary N) is 2. The number of rotatable bonds is 7. The van der Waals surface area contributed by atoms with Gasteiger partial charge in [-0.25, -0.2) is 4.99 Å². The normalized spacial score (nSPS) is 24.5. The number of allylic oxidation sites excluding steroid dienone is 1. The van der Waals surface area contributed by atoms with Crippen molar-refractivity contribution >= 4 is 28.9 Å². The number of amides is 1. The van der Waals surface area contributed by atoms with Crippen LogP contribution >= 0.6 is 11.6 Å². The van der Waals surface area contributed by atoms with E-state index in [0.717, 1.165) is 88.5 Å². The minimum absolute atomic E-state index is 0.0235. The second-order valence-corrected chi connectivity index (χ2v) is 12.3. The number of likely N-dealkylation sites (tertiary alicyclic amines) is 1. The first kappa shape index (κ1) is 33.2. The lowest BCUT2D eigenvalue weighted by Gasteiger charge is -2.37. The second kappa shape index (κ2) is 15.4. The van der Waals surface area contributed by atoms with Crippen molar-refractivity contribution in [2.24, 2.45) is 4.99 Å². The van der Waals surface area contributed by atoms with E-state index in [9.17, 15) is 4.79 Å². The van der Waals surface area contributed by atoms with Gasteiger partial charge in [-0.1, -0.05) is 35.0 Å². The Labute approximate surface area is 271 Å². The summed E-state index contributed by atoms with van der Waals surface area (Å²) in [5.41, 5.74) is 2.91. The Bertz CT molecular complexity index is 1420. The topological polar surface area (TPSA) is 108 Å². The number of aliphatic imine (C=N–C) groups is 1. The summed E-state index contributed by atoms with van der Waals surface area (Å²) in [7, 11) is 0. The van der Waals surface area contributed by atoms with Crippen LogP contribution in [0.3, 0.4) is 0 Å². The van der Waals surface area contributed by atoms with Gasteiger partial charge in [0, 0.05) is 72.6 Å². The van der Waals surface area contributed by atoms with Crippen molar-refractivity contribution in [1.82, 2.24) is 30.6 Å². The van der Waals surface area contributed by atoms with Crippen LogP contribution in [0.15, 0.2) is 58.6 Å². The SMILES string of the molecule is C/C=C1/C=C(c2ccc(-c3noc(C)n3)cc2Cl)C(=O)N(C2CCN(C3CCNCC3)C2)/C1=N/C(C)NC1CCOCC1.C=C. The van der Waals surface area contributed by atoms with Gasteiger partial charge in [0.15, 0.2) is 0 Å². The van der Waals surface area contributed by atoms with Crippen LogP contribution < -0.4 is 10.6 Å². The molecular weight excluding hydrogens is 590 g/mol. The zero-order valence-electron chi connectivity index (χ0n) is 26.7. The fraction of sp³-hybridized carbons (Fsp3) is 0.529. The lowest BCUT2D eigenvalue weighted by atomic mass is 9.94. The Morgan fingerprint density at radius 2 is 1.91 bits per heavy atom. The second-order valence-electron chi connectivity index (χ2n) is 11.9. The van der Waals surface area contributed by atoms with Crippen LogP contribution in [0, 0.1) is 6.92 Å². The molecule has 0 bridgehead atoms. The van der Waals surface area contributed by atoms with Crippen molar-refractivity contribution in [2.75, 3.05) is 39.4 Å². The van der Waals surface area contributed by atoms with Gasteiger partial charge in [-0.3, -0.25) is 19.9 Å². The fourth-order valence-corrected chi connectivity index (χ4v) is 7.01. The van der Waals surface area contributed by atoms with Gasteiger partial charge in [0.25, 0.3) is 5.91 Å². The van der Waals surface area contributed by atoms with E-state index >= 15 is 0 Å². The third-order valence-electron chi connectivity index (χ3n) is 8.99. The molecule has 11 heteroatoms. The summed E-state index contributed by atoms with van der Waals surface area (Å²) in [6.07, 6.45) is 8.95. The maximum Gasteiger partial charge on any atom is 0.260 e. The molecule has 10 nitrogen and oxygen atoms in total. The van der Waals surface area contributed by atoms with Crippen molar-refractivity contribution in [1.29, 1.82) is 0 Å². The molecule has 0 radical (unpaired) electrons. The number of halogens is 1. The maximum absolute atomic E-state index is 14.5. The summed E-state index contributed by atoms with van der Waals surface area (Å²) >= 11 is 6.86. The molecule has 2 unspecified atom stereocenters. The van der Waals surface area contributed by atoms with E-state index < -0.39 is 0 Å². The lowest BCUT2D eigenvalue weighted by Crippen LogP contribution is -2.51. The number of ether oxygens (including phenoxy) is 1. The molecule has 5 heterocycles. The largest absolute Gasteiger partial charge is 0.381 e. The van der Waals surface area contributed by atoms with Crippen LogP contribution in [0.25, 0.3) is 17.0 Å². The van der Waals surface area contributed by atoms with Crippen molar-refractivity contribution < 1.29 is 14.1 Å². The Kier molecular flexibility index (Phi) is 11.4. The summed E-state index contributed by atoms with van der Waals surface area (Å²) in [5.74, 6) is 1.62. The number of amidine groups is 1. The van der Waals surface area contributed by atoms with E-state index in [1.807, 2.05) is 36.1 Å². The lowest BCUT2D eigenvalue weighted by molar-refractivity contribution is -0.123. The molecule has 2 N–H and O–H groups in total. The van der Waals surface area contributed by atoms with Crippen LogP contribution in [-0.2, 0) is 9.53 Å². The van der Waals surface area contributed by atoms with E-state index in [1.165, 1.54) is 0 Å². The monoisotopic (exact) mass is 635 g/mol. The van der Waals surface area contributed by atoms with Crippen molar-refractivity contribution in [2.45, 2.75) is 77.2 Å². The molecular formula is C34H46ClN7O3. The highest BCUT2D eigenvalue weighted by molar-refractivity contribution is 6.37. The van der Waals surface area contributed by atoms with E-state index in [0.29, 0.717) is 40.0 Å². The van der Waals surface area contributed by atoms with E-state index in [4.69, 9.17) is 25.9 Å². The third kappa shape index (κ3) is 7.64. The molecule has 1 aromatic heterocycles. The molecule has 3 saturated heterocycles. The predicted molar refractivity (Wildman–Crippen MR) is 179 cm³/mol. The van der Waals surface area contributed by atoms with Gasteiger partial charge < -0.3 is 14.6 Å². The van der Waals surface area contributed by atoms with Crippen LogP contribution in [0.2, 0.25) is 5.02 Å². The van der Waals surface area contributed by atoms with E-state index in [-0.39, 0.29) is 18.1 Å². The maximum atomic E-state index is 14.5. The number of hydrogen-bond donors (Lipinski definition) is 2. The standard InChI is InChI=1S/C32H42ClN7O3.C2H4/c1-4-22-17-28(27-6-5-23(18-29(27)33)30-37-21(3)43-38-30)32(41)40(26-9-14-39(19-26)25-7-12-34-13-8-25)31(22)36-20(2)35-24-10-15-42-16-11-24;1-2/h4-6,17-18,20,24-26,34-35H,7-16,19H2,1-3H3;1-2H2/b22-4-,36-31+;. The Hall–Kier alpha value is -3.15. The van der Waals surface area contributed by atoms with Gasteiger partial charge in [0.2, 0.25) is 11.7 Å². The highest BCUT2D eigenvalue weighted by atomic mass is 35.5. The van der Waals surface area contributed by atoms with Crippen molar-refractivity contribution in [3.63, 3.8) is 0 Å². The number of aryl methyl sites for hydroxylation is 1. The van der Waals surface area contributed by atoms with E-state index in [1.54, 1.807) is 13.0 Å². The molecule has 0 aliphatic carbocycles. The predicted octanol–water partition coefficient (Wildman–Crippen LogP) is 5.01. The summed E-state index contributed by atoms with van der Waals surface area (Å²) in [6.45, 7) is 17.3. The van der Waals surface area contributed by atoms with Gasteiger partial charge in [-0.05, 0) is 71.2 Å². The number of aromatic nitrogens is 2. The van der Waals surface area contributed by atoms with Crippen molar-refractivity contribution in [3.05, 3.63) is 65.6 Å². The van der Waals surface area contributed by atoms with Crippen LogP contribution in [0.1, 0.15) is 57.4 Å². The molecule has 45 heavy (non-hydrogen) atoms. The molecule has 2 atom stereocenters. The Morgan fingerprint density at radius 3 is 2.58 bits per heavy atom. The summed E-state index contributed by atoms with van der Waals surface area (Å²) < 4.78 is 10.7. The number of carbonyl (C=O) groups is 1. The fourth-order valence-electron chi connectivity index (χ4n) is 6.73. The average molecular weight is 636 g/mol.